The summed E-state index contributed by atoms with van der Waals surface area (Å²) in [6.45, 7) is 25.8. The average molecular weight is 516 g/mol. The Morgan fingerprint density at radius 2 is 0.943 bits per heavy atom. The summed E-state index contributed by atoms with van der Waals surface area (Å²) in [6.07, 6.45) is -0.896. The number of phosphoric ester groups is 1. The number of benzene rings is 2. The van der Waals surface area contributed by atoms with Crippen molar-refractivity contribution in [1.29, 1.82) is 0 Å². The van der Waals surface area contributed by atoms with E-state index in [4.69, 9.17) is 4.52 Å². The van der Waals surface area contributed by atoms with Crippen LogP contribution in [0, 0.1) is 0 Å². The van der Waals surface area contributed by atoms with Crippen LogP contribution < -0.4 is 0 Å². The topological polar surface area (TPSA) is 66.8 Å². The van der Waals surface area contributed by atoms with Crippen molar-refractivity contribution in [2.45, 2.75) is 111 Å². The molecule has 0 unspecified atom stereocenters. The van der Waals surface area contributed by atoms with Gasteiger partial charge < -0.3 is 9.79 Å². The lowest BCUT2D eigenvalue weighted by Gasteiger charge is -2.34. The summed E-state index contributed by atoms with van der Waals surface area (Å²) in [5, 5.41) is 0. The van der Waals surface area contributed by atoms with Crippen molar-refractivity contribution in [3.8, 4) is 0 Å². The molecule has 0 heterocycles. The number of rotatable bonds is 4. The zero-order chi connectivity index (χ0) is 26.5. The molecule has 0 spiro atoms. The minimum Gasteiger partial charge on any atom is -0.303 e. The first kappa shape index (κ1) is 32.1. The van der Waals surface area contributed by atoms with Crippen molar-refractivity contribution >= 4 is 25.2 Å². The summed E-state index contributed by atoms with van der Waals surface area (Å²) < 4.78 is 17.8. The van der Waals surface area contributed by atoms with Crippen LogP contribution in [0.25, 0.3) is 0 Å². The molecule has 2 aromatic rings. The van der Waals surface area contributed by atoms with Crippen LogP contribution in [0.2, 0.25) is 0 Å². The third-order valence-electron chi connectivity index (χ3n) is 6.26. The van der Waals surface area contributed by atoms with Gasteiger partial charge in [-0.2, -0.15) is 0 Å². The maximum absolute atomic E-state index is 12.2. The SMILES string of the molecule is CC(C)(C)c1ccc(C(OP(=O)(O)O)c2ccc(C(C)(C)C)cc2C(C)(C)C)c(C(C)(C)C)c1.[Al]. The fraction of sp³-hybridized carbons (Fsp3) is 0.586. The van der Waals surface area contributed by atoms with E-state index in [1.165, 1.54) is 11.1 Å². The Labute approximate surface area is 224 Å². The van der Waals surface area contributed by atoms with Gasteiger partial charge >= 0.3 is 7.82 Å². The first-order chi connectivity index (χ1) is 15.0. The Bertz CT molecular complexity index is 998. The first-order valence-electron chi connectivity index (χ1n) is 12.1. The van der Waals surface area contributed by atoms with Gasteiger partial charge in [0.1, 0.15) is 6.10 Å². The summed E-state index contributed by atoms with van der Waals surface area (Å²) in [7, 11) is -4.79. The molecular weight excluding hydrogens is 470 g/mol. The van der Waals surface area contributed by atoms with Crippen LogP contribution in [0.5, 0.6) is 0 Å². The molecule has 0 fully saturated rings. The van der Waals surface area contributed by atoms with Gasteiger partial charge in [-0.25, -0.2) is 4.57 Å². The van der Waals surface area contributed by atoms with Gasteiger partial charge in [0.25, 0.3) is 0 Å². The van der Waals surface area contributed by atoms with Crippen LogP contribution in [0.3, 0.4) is 0 Å². The average Bonchev–Trinajstić information content (AvgIpc) is 2.61. The minimum absolute atomic E-state index is 0. The number of hydrogen-bond acceptors (Lipinski definition) is 2. The van der Waals surface area contributed by atoms with Gasteiger partial charge in [0, 0.05) is 17.4 Å². The van der Waals surface area contributed by atoms with Crippen molar-refractivity contribution in [3.05, 3.63) is 69.8 Å². The van der Waals surface area contributed by atoms with E-state index in [0.29, 0.717) is 0 Å². The summed E-state index contributed by atoms with van der Waals surface area (Å²) in [5.41, 5.74) is 5.38. The van der Waals surface area contributed by atoms with Crippen molar-refractivity contribution in [2.24, 2.45) is 0 Å². The fourth-order valence-electron chi connectivity index (χ4n) is 4.22. The molecule has 0 saturated heterocycles. The highest BCUT2D eigenvalue weighted by molar-refractivity contribution is 7.46. The lowest BCUT2D eigenvalue weighted by molar-refractivity contribution is 0.155. The highest BCUT2D eigenvalue weighted by Gasteiger charge is 2.34. The van der Waals surface area contributed by atoms with Gasteiger partial charge in [0.15, 0.2) is 0 Å². The standard InChI is InChI=1S/C29H45O4P.Al/c1-26(2,3)19-13-15-21(23(17-19)28(7,8)9)25(33-34(30,31)32)22-16-14-20(27(4,5)6)18-24(22)29(10,11)12;/h13-18,25H,1-12H3,(H2,30,31,32);. The molecule has 2 rings (SSSR count). The van der Waals surface area contributed by atoms with Gasteiger partial charge in [-0.15, -0.1) is 0 Å². The molecule has 6 heteroatoms. The van der Waals surface area contributed by atoms with Crippen LogP contribution in [-0.2, 0) is 30.7 Å². The van der Waals surface area contributed by atoms with E-state index in [1.54, 1.807) is 0 Å². The third kappa shape index (κ3) is 8.29. The second kappa shape index (κ2) is 10.5. The lowest BCUT2D eigenvalue weighted by Crippen LogP contribution is -2.23. The zero-order valence-electron chi connectivity index (χ0n) is 23.8. The molecule has 0 atom stereocenters. The fourth-order valence-corrected chi connectivity index (χ4v) is 4.72. The molecule has 3 radical (unpaired) electrons. The van der Waals surface area contributed by atoms with E-state index in [1.807, 2.05) is 12.1 Å². The van der Waals surface area contributed by atoms with Crippen molar-refractivity contribution in [1.82, 2.24) is 0 Å². The Hall–Kier alpha value is -0.918. The second-order valence-corrected chi connectivity index (χ2v) is 14.8. The molecule has 0 amide bonds. The predicted molar refractivity (Wildman–Crippen MR) is 148 cm³/mol. The molecular formula is C29H45AlO4P. The van der Waals surface area contributed by atoms with E-state index in [2.05, 4.69) is 107 Å². The van der Waals surface area contributed by atoms with Crippen LogP contribution in [0.4, 0.5) is 0 Å². The van der Waals surface area contributed by atoms with E-state index in [0.717, 1.165) is 22.3 Å². The molecule has 0 aliphatic heterocycles. The third-order valence-corrected chi connectivity index (χ3v) is 6.75. The molecule has 0 bridgehead atoms. The molecule has 0 aromatic heterocycles. The van der Waals surface area contributed by atoms with Gasteiger partial charge in [0.2, 0.25) is 0 Å². The Balaban J connectivity index is 0.00000612. The predicted octanol–water partition coefficient (Wildman–Crippen LogP) is 7.69. The minimum atomic E-state index is -4.79. The van der Waals surface area contributed by atoms with Gasteiger partial charge in [-0.1, -0.05) is 119 Å². The van der Waals surface area contributed by atoms with Crippen molar-refractivity contribution < 1.29 is 18.9 Å². The normalized spacial score (nSPS) is 13.7. The maximum Gasteiger partial charge on any atom is 0.470 e. The molecule has 35 heavy (non-hydrogen) atoms. The summed E-state index contributed by atoms with van der Waals surface area (Å²) in [4.78, 5) is 19.9. The molecule has 0 aliphatic carbocycles. The van der Waals surface area contributed by atoms with E-state index in [-0.39, 0.29) is 39.0 Å². The van der Waals surface area contributed by atoms with Crippen LogP contribution in [0.15, 0.2) is 36.4 Å². The summed E-state index contributed by atoms with van der Waals surface area (Å²) >= 11 is 0. The van der Waals surface area contributed by atoms with E-state index >= 15 is 0 Å². The maximum atomic E-state index is 12.2. The van der Waals surface area contributed by atoms with Crippen molar-refractivity contribution in [3.63, 3.8) is 0 Å². The zero-order valence-corrected chi connectivity index (χ0v) is 25.8. The summed E-state index contributed by atoms with van der Waals surface area (Å²) in [6, 6.07) is 12.4. The van der Waals surface area contributed by atoms with Crippen LogP contribution >= 0.6 is 7.82 Å². The first-order valence-corrected chi connectivity index (χ1v) is 13.6. The monoisotopic (exact) mass is 515 g/mol. The Morgan fingerprint density at radius 3 is 1.17 bits per heavy atom. The van der Waals surface area contributed by atoms with Crippen LogP contribution in [0.1, 0.15) is 123 Å². The second-order valence-electron chi connectivity index (χ2n) is 13.6. The van der Waals surface area contributed by atoms with Crippen molar-refractivity contribution in [2.75, 3.05) is 0 Å². The van der Waals surface area contributed by atoms with Gasteiger partial charge in [0.05, 0.1) is 0 Å². The highest BCUT2D eigenvalue weighted by Crippen LogP contribution is 2.49. The van der Waals surface area contributed by atoms with Crippen LogP contribution in [-0.4, -0.2) is 27.1 Å². The molecule has 2 aromatic carbocycles. The molecule has 193 valence electrons. The Morgan fingerprint density at radius 1 is 0.629 bits per heavy atom. The molecule has 0 saturated carbocycles. The largest absolute Gasteiger partial charge is 0.470 e. The van der Waals surface area contributed by atoms with E-state index in [9.17, 15) is 14.4 Å². The quantitative estimate of drug-likeness (QED) is 0.324. The smallest absolute Gasteiger partial charge is 0.303 e. The summed E-state index contributed by atoms with van der Waals surface area (Å²) in [5.74, 6) is 0. The van der Waals surface area contributed by atoms with Gasteiger partial charge in [-0.05, 0) is 55.0 Å². The van der Waals surface area contributed by atoms with E-state index < -0.39 is 13.9 Å². The Kier molecular flexibility index (Phi) is 9.59. The van der Waals surface area contributed by atoms with Gasteiger partial charge in [-0.3, -0.25) is 4.52 Å². The molecule has 4 nitrogen and oxygen atoms in total. The molecule has 2 N–H and O–H groups in total. The number of phosphoric acid groups is 1. The lowest BCUT2D eigenvalue weighted by atomic mass is 9.74. The molecule has 0 aliphatic rings. The highest BCUT2D eigenvalue weighted by atomic mass is 31.2. The number of hydrogen-bond donors (Lipinski definition) is 2.